The first-order chi connectivity index (χ1) is 16.1. The molecular formula is C27H22FN3O2. The SMILES string of the molecule is O=C1C[C@@H](N2CCc3c([nH]c4ccccc34)[C@@H]2c2ccccc2)C(=O)N1c1cccc(F)c1. The van der Waals surface area contributed by atoms with Crippen LogP contribution in [0.4, 0.5) is 10.1 Å². The van der Waals surface area contributed by atoms with Crippen LogP contribution in [0.15, 0.2) is 78.9 Å². The molecule has 2 aliphatic heterocycles. The van der Waals surface area contributed by atoms with Gasteiger partial charge in [0.05, 0.1) is 24.2 Å². The Balaban J connectivity index is 1.44. The van der Waals surface area contributed by atoms with Crippen LogP contribution in [0.5, 0.6) is 0 Å². The first-order valence-electron chi connectivity index (χ1n) is 11.1. The number of halogens is 1. The molecule has 0 aliphatic carbocycles. The highest BCUT2D eigenvalue weighted by Gasteiger charge is 2.47. The van der Waals surface area contributed by atoms with Crippen LogP contribution in [0.3, 0.4) is 0 Å². The van der Waals surface area contributed by atoms with E-state index in [2.05, 4.69) is 34.1 Å². The van der Waals surface area contributed by atoms with Crippen molar-refractivity contribution in [3.63, 3.8) is 0 Å². The molecule has 2 atom stereocenters. The second-order valence-electron chi connectivity index (χ2n) is 8.63. The number of para-hydroxylation sites is 1. The number of hydrogen-bond acceptors (Lipinski definition) is 3. The standard InChI is InChI=1S/C27H22FN3O2/c28-18-9-6-10-19(15-18)31-24(32)16-23(27(31)33)30-14-13-21-20-11-4-5-12-22(20)29-25(21)26(30)17-7-2-1-3-8-17/h1-12,15,23,26,29H,13-14,16H2/t23-,26+/m1/s1. The van der Waals surface area contributed by atoms with Gasteiger partial charge in [0.25, 0.3) is 5.91 Å². The number of carbonyl (C=O) groups excluding carboxylic acids is 2. The maximum Gasteiger partial charge on any atom is 0.251 e. The number of nitrogens with zero attached hydrogens (tertiary/aromatic N) is 2. The Kier molecular flexibility index (Phi) is 4.62. The number of imide groups is 1. The fraction of sp³-hybridized carbons (Fsp3) is 0.185. The van der Waals surface area contributed by atoms with Gasteiger partial charge in [0.1, 0.15) is 5.82 Å². The molecule has 0 spiro atoms. The number of nitrogens with one attached hydrogen (secondary N) is 1. The highest BCUT2D eigenvalue weighted by Crippen LogP contribution is 2.41. The van der Waals surface area contributed by atoms with Gasteiger partial charge in [0, 0.05) is 23.1 Å². The van der Waals surface area contributed by atoms with E-state index in [9.17, 15) is 14.0 Å². The summed E-state index contributed by atoms with van der Waals surface area (Å²) in [5.74, 6) is -1.07. The van der Waals surface area contributed by atoms with Crippen molar-refractivity contribution in [3.8, 4) is 0 Å². The molecular weight excluding hydrogens is 417 g/mol. The van der Waals surface area contributed by atoms with E-state index in [1.165, 1.54) is 29.1 Å². The third-order valence-corrected chi connectivity index (χ3v) is 6.78. The Morgan fingerprint density at radius 1 is 0.909 bits per heavy atom. The van der Waals surface area contributed by atoms with Gasteiger partial charge in [-0.05, 0) is 41.8 Å². The van der Waals surface area contributed by atoms with E-state index in [-0.39, 0.29) is 30.0 Å². The Morgan fingerprint density at radius 2 is 1.70 bits per heavy atom. The van der Waals surface area contributed by atoms with Gasteiger partial charge in [-0.1, -0.05) is 54.6 Å². The third kappa shape index (κ3) is 3.17. The van der Waals surface area contributed by atoms with Crippen molar-refractivity contribution >= 4 is 28.4 Å². The van der Waals surface area contributed by atoms with Crippen LogP contribution in [0.1, 0.15) is 29.3 Å². The molecule has 0 bridgehead atoms. The van der Waals surface area contributed by atoms with E-state index in [1.54, 1.807) is 6.07 Å². The summed E-state index contributed by atoms with van der Waals surface area (Å²) in [5.41, 5.74) is 4.74. The molecule has 2 amide bonds. The molecule has 5 nitrogen and oxygen atoms in total. The second kappa shape index (κ2) is 7.67. The van der Waals surface area contributed by atoms with Crippen LogP contribution in [-0.2, 0) is 16.0 Å². The summed E-state index contributed by atoms with van der Waals surface area (Å²) in [6, 6.07) is 23.2. The maximum atomic E-state index is 13.8. The van der Waals surface area contributed by atoms with Gasteiger partial charge in [-0.3, -0.25) is 14.5 Å². The monoisotopic (exact) mass is 439 g/mol. The number of carbonyl (C=O) groups is 2. The zero-order valence-corrected chi connectivity index (χ0v) is 17.9. The summed E-state index contributed by atoms with van der Waals surface area (Å²) in [7, 11) is 0. The molecule has 1 aromatic heterocycles. The maximum absolute atomic E-state index is 13.8. The Labute approximate surface area is 190 Å². The zero-order chi connectivity index (χ0) is 22.5. The second-order valence-corrected chi connectivity index (χ2v) is 8.63. The number of hydrogen-bond donors (Lipinski definition) is 1. The van der Waals surface area contributed by atoms with Crippen LogP contribution >= 0.6 is 0 Å². The molecule has 0 saturated carbocycles. The minimum Gasteiger partial charge on any atom is -0.357 e. The molecule has 1 N–H and O–H groups in total. The Bertz CT molecular complexity index is 1380. The summed E-state index contributed by atoms with van der Waals surface area (Å²) in [6.07, 6.45) is 0.856. The van der Waals surface area contributed by atoms with Crippen molar-refractivity contribution in [2.75, 3.05) is 11.4 Å². The van der Waals surface area contributed by atoms with Crippen LogP contribution in [0.2, 0.25) is 0 Å². The summed E-state index contributed by atoms with van der Waals surface area (Å²) in [4.78, 5) is 33.3. The molecule has 3 aromatic carbocycles. The van der Waals surface area contributed by atoms with E-state index >= 15 is 0 Å². The smallest absolute Gasteiger partial charge is 0.251 e. The molecule has 164 valence electrons. The van der Waals surface area contributed by atoms with Crippen LogP contribution in [0, 0.1) is 5.82 Å². The predicted molar refractivity (Wildman–Crippen MR) is 124 cm³/mol. The van der Waals surface area contributed by atoms with E-state index in [1.807, 2.05) is 30.3 Å². The number of fused-ring (bicyclic) bond motifs is 3. The van der Waals surface area contributed by atoms with E-state index in [0.717, 1.165) is 28.1 Å². The first-order valence-corrected chi connectivity index (χ1v) is 11.1. The highest BCUT2D eigenvalue weighted by atomic mass is 19.1. The fourth-order valence-corrected chi connectivity index (χ4v) is 5.35. The van der Waals surface area contributed by atoms with Gasteiger partial charge in [-0.15, -0.1) is 0 Å². The lowest BCUT2D eigenvalue weighted by atomic mass is 9.90. The number of amides is 2. The van der Waals surface area contributed by atoms with E-state index in [4.69, 9.17) is 0 Å². The summed E-state index contributed by atoms with van der Waals surface area (Å²) in [6.45, 7) is 0.648. The number of aromatic nitrogens is 1. The first kappa shape index (κ1) is 19.9. The van der Waals surface area contributed by atoms with Gasteiger partial charge in [-0.25, -0.2) is 9.29 Å². The van der Waals surface area contributed by atoms with Crippen molar-refractivity contribution in [1.82, 2.24) is 9.88 Å². The Morgan fingerprint density at radius 3 is 2.52 bits per heavy atom. The minimum absolute atomic E-state index is 0.0776. The van der Waals surface area contributed by atoms with Crippen LogP contribution in [-0.4, -0.2) is 34.3 Å². The lowest BCUT2D eigenvalue weighted by molar-refractivity contribution is -0.123. The molecule has 6 rings (SSSR count). The molecule has 0 radical (unpaired) electrons. The van der Waals surface area contributed by atoms with Crippen molar-refractivity contribution in [2.24, 2.45) is 0 Å². The fourth-order valence-electron chi connectivity index (χ4n) is 5.35. The zero-order valence-electron chi connectivity index (χ0n) is 17.9. The van der Waals surface area contributed by atoms with Crippen molar-refractivity contribution in [2.45, 2.75) is 24.9 Å². The van der Waals surface area contributed by atoms with E-state index < -0.39 is 11.9 Å². The molecule has 4 aromatic rings. The number of H-pyrrole nitrogens is 1. The van der Waals surface area contributed by atoms with Gasteiger partial charge in [0.2, 0.25) is 5.91 Å². The van der Waals surface area contributed by atoms with E-state index in [0.29, 0.717) is 6.54 Å². The lowest BCUT2D eigenvalue weighted by Gasteiger charge is -2.39. The predicted octanol–water partition coefficient (Wildman–Crippen LogP) is 4.59. The quantitative estimate of drug-likeness (QED) is 0.475. The molecule has 3 heterocycles. The lowest BCUT2D eigenvalue weighted by Crippen LogP contribution is -2.47. The van der Waals surface area contributed by atoms with Gasteiger partial charge in [-0.2, -0.15) is 0 Å². The van der Waals surface area contributed by atoms with Gasteiger partial charge >= 0.3 is 0 Å². The van der Waals surface area contributed by atoms with Crippen molar-refractivity contribution < 1.29 is 14.0 Å². The molecule has 6 heteroatoms. The molecule has 1 fully saturated rings. The number of aromatic amines is 1. The number of anilines is 1. The number of rotatable bonds is 3. The molecule has 33 heavy (non-hydrogen) atoms. The number of benzene rings is 3. The normalized spacial score (nSPS) is 21.1. The van der Waals surface area contributed by atoms with Crippen LogP contribution < -0.4 is 4.90 Å². The Hall–Kier alpha value is -3.77. The minimum atomic E-state index is -0.606. The molecule has 2 aliphatic rings. The molecule has 1 saturated heterocycles. The van der Waals surface area contributed by atoms with Gasteiger partial charge < -0.3 is 4.98 Å². The van der Waals surface area contributed by atoms with Crippen molar-refractivity contribution in [3.05, 3.63) is 102 Å². The summed E-state index contributed by atoms with van der Waals surface area (Å²) < 4.78 is 13.8. The average Bonchev–Trinajstić information content (AvgIpc) is 3.35. The van der Waals surface area contributed by atoms with Gasteiger partial charge in [0.15, 0.2) is 0 Å². The molecule has 0 unspecified atom stereocenters. The highest BCUT2D eigenvalue weighted by molar-refractivity contribution is 6.22. The third-order valence-electron chi connectivity index (χ3n) is 6.78. The average molecular weight is 439 g/mol. The van der Waals surface area contributed by atoms with Crippen LogP contribution in [0.25, 0.3) is 10.9 Å². The largest absolute Gasteiger partial charge is 0.357 e. The summed E-state index contributed by atoms with van der Waals surface area (Å²) >= 11 is 0. The topological polar surface area (TPSA) is 56.4 Å². The van der Waals surface area contributed by atoms with Crippen molar-refractivity contribution in [1.29, 1.82) is 0 Å². The summed E-state index contributed by atoms with van der Waals surface area (Å²) in [5, 5.41) is 1.20.